The van der Waals surface area contributed by atoms with Gasteiger partial charge in [-0.1, -0.05) is 171 Å². The average molecular weight is 996 g/mol. The number of carbonyl (C=O) groups is 2. The predicted octanol–water partition coefficient (Wildman–Crippen LogP) is 12.2. The number of rotatable bonds is 12. The number of carboxylic acid groups (broad SMARTS) is 2. The van der Waals surface area contributed by atoms with E-state index in [1.54, 1.807) is 62.4 Å². The van der Waals surface area contributed by atoms with E-state index in [-0.39, 0.29) is 50.4 Å². The minimum atomic E-state index is -4.54. The third kappa shape index (κ3) is 23.7. The molecule has 0 amide bonds. The number of hydrogen-bond donors (Lipinski definition) is 0. The number of hydrogen-bond acceptors (Lipinski definition) is 6. The van der Waals surface area contributed by atoms with Crippen molar-refractivity contribution in [3.63, 3.8) is 0 Å². The van der Waals surface area contributed by atoms with Gasteiger partial charge in [0.15, 0.2) is 0 Å². The summed E-state index contributed by atoms with van der Waals surface area (Å²) in [5.41, 5.74) is 5.32. The second kappa shape index (κ2) is 30.2. The van der Waals surface area contributed by atoms with E-state index in [0.29, 0.717) is 24.2 Å². The van der Waals surface area contributed by atoms with Crippen LogP contribution in [0.2, 0.25) is 0 Å². The fourth-order valence-corrected chi connectivity index (χ4v) is 5.65. The summed E-state index contributed by atoms with van der Waals surface area (Å²) >= 11 is 0. The van der Waals surface area contributed by atoms with Crippen LogP contribution in [-0.2, 0) is 48.5 Å². The third-order valence-electron chi connectivity index (χ3n) is 8.46. The van der Waals surface area contributed by atoms with Crippen LogP contribution in [0.1, 0.15) is 99.8 Å². The predicted molar refractivity (Wildman–Crippen MR) is 233 cm³/mol. The van der Waals surface area contributed by atoms with Crippen molar-refractivity contribution >= 4 is 34.7 Å². The summed E-state index contributed by atoms with van der Waals surface area (Å²) in [6, 6.07) is 28.3. The number of para-hydroxylation sites is 2. The summed E-state index contributed by atoms with van der Waals surface area (Å²) in [5.74, 6) is -2.17. The number of allylic oxidation sites excluding steroid dienone is 4. The van der Waals surface area contributed by atoms with E-state index in [1.807, 2.05) is 90.1 Å². The van der Waals surface area contributed by atoms with Crippen LogP contribution in [0.5, 0.6) is 0 Å². The molecule has 4 aromatic carbocycles. The summed E-state index contributed by atoms with van der Waals surface area (Å²) in [5, 5.41) is 25.8. The number of alkyl halides is 6. The molecule has 0 aliphatic rings. The van der Waals surface area contributed by atoms with E-state index >= 15 is 0 Å². The molecular weight excluding hydrogens is 941 g/mol. The minimum absolute atomic E-state index is 0. The molecule has 4 rings (SSSR count). The molecule has 0 saturated heterocycles. The Bertz CT molecular complexity index is 1960. The number of benzene rings is 4. The normalized spacial score (nSPS) is 12.8. The van der Waals surface area contributed by atoms with Crippen molar-refractivity contribution in [3.05, 3.63) is 165 Å². The molecule has 4 aromatic rings. The van der Waals surface area contributed by atoms with Crippen LogP contribution in [-0.4, -0.2) is 35.7 Å². The first-order chi connectivity index (χ1) is 28.9. The fraction of sp³-hybridized carbons (Fsp3) is 0.333. The molecular formula is C48H54F6N4O4Zn2. The molecule has 0 heterocycles. The van der Waals surface area contributed by atoms with Crippen LogP contribution in [0, 0.1) is 27.7 Å². The van der Waals surface area contributed by atoms with Gasteiger partial charge in [0.25, 0.3) is 0 Å². The van der Waals surface area contributed by atoms with E-state index in [9.17, 15) is 26.3 Å². The van der Waals surface area contributed by atoms with Gasteiger partial charge < -0.3 is 30.4 Å². The van der Waals surface area contributed by atoms with Gasteiger partial charge in [0.2, 0.25) is 0 Å². The summed E-state index contributed by atoms with van der Waals surface area (Å²) in [6.07, 6.45) is -6.08. The summed E-state index contributed by atoms with van der Waals surface area (Å²) in [6.45, 7) is 16.3. The number of aryl methyl sites for hydroxylation is 4. The van der Waals surface area contributed by atoms with Crippen molar-refractivity contribution in [2.24, 2.45) is 9.98 Å². The number of halogens is 6. The largest absolute Gasteiger partial charge is 2.00 e. The Labute approximate surface area is 399 Å². The molecule has 0 spiro atoms. The Morgan fingerprint density at radius 2 is 0.781 bits per heavy atom. The van der Waals surface area contributed by atoms with Crippen LogP contribution >= 0.6 is 0 Å². The second-order valence-corrected chi connectivity index (χ2v) is 14.0. The molecule has 0 unspecified atom stereocenters. The van der Waals surface area contributed by atoms with Crippen molar-refractivity contribution in [2.45, 2.75) is 107 Å². The molecule has 0 bridgehead atoms. The SMILES string of the molecule is CC(=O)[O-].CC(=O)[O-].CC[C@@H]([N-]/C(=C\C(C)=Nc1c(C)cccc1C)C(F)(F)F)c1ccccc1.CC[C@@H]([N-]/C(=C\C(C)=Nc1c(C)cccc1C)C(F)(F)F)c1ccccc1.[Zn+2].[Zn+2]. The van der Waals surface area contributed by atoms with Gasteiger partial charge in [-0.2, -0.15) is 26.3 Å². The maximum atomic E-state index is 13.6. The molecule has 0 aliphatic heterocycles. The monoisotopic (exact) mass is 992 g/mol. The smallest absolute Gasteiger partial charge is 0.674 e. The van der Waals surface area contributed by atoms with E-state index in [4.69, 9.17) is 19.8 Å². The van der Waals surface area contributed by atoms with Crippen LogP contribution in [0.25, 0.3) is 10.6 Å². The fourth-order valence-electron chi connectivity index (χ4n) is 5.65. The van der Waals surface area contributed by atoms with Crippen molar-refractivity contribution < 1.29 is 85.1 Å². The van der Waals surface area contributed by atoms with Gasteiger partial charge in [0.1, 0.15) is 0 Å². The third-order valence-corrected chi connectivity index (χ3v) is 8.46. The molecule has 336 valence electrons. The van der Waals surface area contributed by atoms with Crippen LogP contribution in [0.15, 0.2) is 131 Å². The van der Waals surface area contributed by atoms with Crippen molar-refractivity contribution in [1.29, 1.82) is 0 Å². The zero-order valence-corrected chi connectivity index (χ0v) is 44.0. The van der Waals surface area contributed by atoms with Crippen LogP contribution < -0.4 is 10.2 Å². The van der Waals surface area contributed by atoms with Gasteiger partial charge in [-0.3, -0.25) is 9.98 Å². The Hall–Kier alpha value is -4.93. The van der Waals surface area contributed by atoms with Gasteiger partial charge in [0, 0.05) is 23.4 Å². The van der Waals surface area contributed by atoms with E-state index in [2.05, 4.69) is 20.6 Å². The van der Waals surface area contributed by atoms with Gasteiger partial charge >= 0.3 is 51.3 Å². The molecule has 0 aliphatic carbocycles. The van der Waals surface area contributed by atoms with Crippen molar-refractivity contribution in [3.8, 4) is 0 Å². The maximum Gasteiger partial charge on any atom is 2.00 e. The zero-order chi connectivity index (χ0) is 47.2. The molecule has 16 heteroatoms. The number of carbonyl (C=O) groups excluding carboxylic acids is 2. The molecule has 0 fully saturated rings. The molecule has 0 N–H and O–H groups in total. The van der Waals surface area contributed by atoms with Gasteiger partial charge in [-0.25, -0.2) is 0 Å². The Kier molecular flexibility index (Phi) is 28.9. The minimum Gasteiger partial charge on any atom is -0.674 e. The number of aliphatic imine (C=N–C) groups is 2. The second-order valence-electron chi connectivity index (χ2n) is 14.0. The molecule has 2 atom stereocenters. The summed E-state index contributed by atoms with van der Waals surface area (Å²) < 4.78 is 81.4. The van der Waals surface area contributed by atoms with Crippen LogP contribution in [0.3, 0.4) is 0 Å². The van der Waals surface area contributed by atoms with E-state index < -0.39 is 47.8 Å². The van der Waals surface area contributed by atoms with Crippen LogP contribution in [0.4, 0.5) is 37.7 Å². The molecule has 0 saturated carbocycles. The maximum absolute atomic E-state index is 13.6. The first kappa shape index (κ1) is 61.2. The molecule has 8 nitrogen and oxygen atoms in total. The first-order valence-corrected chi connectivity index (χ1v) is 19.6. The number of nitrogens with zero attached hydrogens (tertiary/aromatic N) is 4. The number of aliphatic carboxylic acids is 2. The molecule has 0 radical (unpaired) electrons. The van der Waals surface area contributed by atoms with E-state index in [1.165, 1.54) is 0 Å². The van der Waals surface area contributed by atoms with Gasteiger partial charge in [-0.05, 0) is 77.6 Å². The van der Waals surface area contributed by atoms with Crippen molar-refractivity contribution in [1.82, 2.24) is 0 Å². The molecule has 64 heavy (non-hydrogen) atoms. The average Bonchev–Trinajstić information content (AvgIpc) is 3.17. The summed E-state index contributed by atoms with van der Waals surface area (Å²) in [4.78, 5) is 26.6. The Balaban J connectivity index is 0. The summed E-state index contributed by atoms with van der Waals surface area (Å²) in [7, 11) is 0. The first-order valence-electron chi connectivity index (χ1n) is 19.6. The molecule has 0 aromatic heterocycles. The quantitative estimate of drug-likeness (QED) is 0.0794. The Morgan fingerprint density at radius 3 is 1.00 bits per heavy atom. The Morgan fingerprint density at radius 1 is 0.531 bits per heavy atom. The zero-order valence-electron chi connectivity index (χ0n) is 38.1. The van der Waals surface area contributed by atoms with Gasteiger partial charge in [-0.15, -0.1) is 0 Å². The topological polar surface area (TPSA) is 133 Å². The van der Waals surface area contributed by atoms with Gasteiger partial charge in [0.05, 0.1) is 11.4 Å². The number of carboxylic acids is 2. The van der Waals surface area contributed by atoms with Crippen molar-refractivity contribution in [2.75, 3.05) is 0 Å². The standard InChI is InChI=1S/2C22H24F3N2.2C2H4O2.2Zn/c2*1-5-19(18-12-7-6-8-13-18)27-20(22(23,24)25)14-17(4)26-21-15(2)10-9-11-16(21)3;2*1-2(3)4;;/h2*6-14,19H,5H2,1-4H3;2*1H3,(H,3,4);;/q2*-1;;;2*+2/p-2/b2*20-14-,26-17?;;;;/t2*19-;;;;/m11..../s1. The van der Waals surface area contributed by atoms with E-state index in [0.717, 1.165) is 59.4 Å².